The van der Waals surface area contributed by atoms with Gasteiger partial charge in [-0.3, -0.25) is 4.79 Å². The summed E-state index contributed by atoms with van der Waals surface area (Å²) < 4.78 is 22.0. The average Bonchev–Trinajstić information content (AvgIpc) is 3.29. The predicted octanol–water partition coefficient (Wildman–Crippen LogP) is 3.42. The van der Waals surface area contributed by atoms with Crippen LogP contribution in [-0.4, -0.2) is 37.9 Å². The molecule has 1 unspecified atom stereocenters. The zero-order chi connectivity index (χ0) is 19.7. The zero-order valence-corrected chi connectivity index (χ0v) is 16.2. The number of hydrogen-bond acceptors (Lipinski definition) is 5. The van der Waals surface area contributed by atoms with Gasteiger partial charge in [0.15, 0.2) is 11.5 Å². The number of benzene rings is 2. The van der Waals surface area contributed by atoms with Gasteiger partial charge in [-0.15, -0.1) is 0 Å². The SMILES string of the molecule is COc1cc2c(cc1/C=C/C(=O)N(C)Cc1ccc3c(c1)OCO3)OC(C)C2. The van der Waals surface area contributed by atoms with Crippen LogP contribution >= 0.6 is 0 Å². The molecule has 0 fully saturated rings. The van der Waals surface area contributed by atoms with Crippen LogP contribution in [0.2, 0.25) is 0 Å². The van der Waals surface area contributed by atoms with E-state index in [-0.39, 0.29) is 18.8 Å². The van der Waals surface area contributed by atoms with Gasteiger partial charge in [-0.2, -0.15) is 0 Å². The quantitative estimate of drug-likeness (QED) is 0.743. The van der Waals surface area contributed by atoms with Crippen LogP contribution in [0.5, 0.6) is 23.0 Å². The third kappa shape index (κ3) is 3.63. The molecule has 2 aromatic rings. The van der Waals surface area contributed by atoms with Crippen LogP contribution in [0, 0.1) is 0 Å². The molecule has 0 radical (unpaired) electrons. The molecule has 2 aromatic carbocycles. The van der Waals surface area contributed by atoms with Gasteiger partial charge in [0.25, 0.3) is 0 Å². The van der Waals surface area contributed by atoms with E-state index in [1.807, 2.05) is 37.3 Å². The molecule has 2 aliphatic rings. The summed E-state index contributed by atoms with van der Waals surface area (Å²) in [5, 5.41) is 0. The van der Waals surface area contributed by atoms with E-state index in [9.17, 15) is 4.79 Å². The van der Waals surface area contributed by atoms with Crippen molar-refractivity contribution in [2.24, 2.45) is 0 Å². The minimum Gasteiger partial charge on any atom is -0.496 e. The first-order chi connectivity index (χ1) is 13.5. The Bertz CT molecular complexity index is 937. The molecule has 0 N–H and O–H groups in total. The van der Waals surface area contributed by atoms with Crippen molar-refractivity contribution in [1.29, 1.82) is 0 Å². The molecule has 146 valence electrons. The minimum absolute atomic E-state index is 0.102. The fourth-order valence-electron chi connectivity index (χ4n) is 3.44. The maximum Gasteiger partial charge on any atom is 0.246 e. The summed E-state index contributed by atoms with van der Waals surface area (Å²) in [6.45, 7) is 2.75. The summed E-state index contributed by atoms with van der Waals surface area (Å²) in [5.41, 5.74) is 2.93. The number of methoxy groups -OCH3 is 1. The van der Waals surface area contributed by atoms with Crippen LogP contribution in [0.25, 0.3) is 6.08 Å². The number of nitrogens with zero attached hydrogens (tertiary/aromatic N) is 1. The first kappa shape index (κ1) is 18.2. The molecule has 0 bridgehead atoms. The molecule has 1 atom stereocenters. The van der Waals surface area contributed by atoms with Crippen LogP contribution in [0.3, 0.4) is 0 Å². The molecule has 2 aliphatic heterocycles. The van der Waals surface area contributed by atoms with Crippen LogP contribution in [-0.2, 0) is 17.8 Å². The van der Waals surface area contributed by atoms with E-state index < -0.39 is 0 Å². The van der Waals surface area contributed by atoms with Crippen molar-refractivity contribution >= 4 is 12.0 Å². The van der Waals surface area contributed by atoms with E-state index in [0.717, 1.165) is 40.4 Å². The number of hydrogen-bond donors (Lipinski definition) is 0. The van der Waals surface area contributed by atoms with E-state index in [1.54, 1.807) is 31.2 Å². The van der Waals surface area contributed by atoms with Gasteiger partial charge in [0.1, 0.15) is 17.6 Å². The van der Waals surface area contributed by atoms with Crippen molar-refractivity contribution < 1.29 is 23.7 Å². The van der Waals surface area contributed by atoms with Crippen LogP contribution in [0.1, 0.15) is 23.6 Å². The summed E-state index contributed by atoms with van der Waals surface area (Å²) in [6.07, 6.45) is 4.35. The summed E-state index contributed by atoms with van der Waals surface area (Å²) in [4.78, 5) is 14.2. The minimum atomic E-state index is -0.102. The van der Waals surface area contributed by atoms with Gasteiger partial charge in [-0.25, -0.2) is 0 Å². The van der Waals surface area contributed by atoms with E-state index in [0.29, 0.717) is 12.3 Å². The Kier molecular flexibility index (Phi) is 4.86. The second kappa shape index (κ2) is 7.46. The molecule has 0 aromatic heterocycles. The Morgan fingerprint density at radius 2 is 2.04 bits per heavy atom. The number of fused-ring (bicyclic) bond motifs is 2. The highest BCUT2D eigenvalue weighted by Gasteiger charge is 2.21. The van der Waals surface area contributed by atoms with Crippen molar-refractivity contribution in [3.8, 4) is 23.0 Å². The smallest absolute Gasteiger partial charge is 0.246 e. The lowest BCUT2D eigenvalue weighted by Crippen LogP contribution is -2.24. The number of carbonyl (C=O) groups is 1. The second-order valence-electron chi connectivity index (χ2n) is 7.05. The van der Waals surface area contributed by atoms with E-state index in [4.69, 9.17) is 18.9 Å². The maximum atomic E-state index is 12.6. The Balaban J connectivity index is 1.46. The topological polar surface area (TPSA) is 57.2 Å². The molecule has 2 heterocycles. The highest BCUT2D eigenvalue weighted by Crippen LogP contribution is 2.36. The van der Waals surface area contributed by atoms with Crippen molar-refractivity contribution in [2.75, 3.05) is 21.0 Å². The molecule has 6 nitrogen and oxygen atoms in total. The Morgan fingerprint density at radius 1 is 1.21 bits per heavy atom. The highest BCUT2D eigenvalue weighted by atomic mass is 16.7. The number of ether oxygens (including phenoxy) is 4. The first-order valence-corrected chi connectivity index (χ1v) is 9.23. The molecule has 6 heteroatoms. The monoisotopic (exact) mass is 381 g/mol. The number of carbonyl (C=O) groups excluding carboxylic acids is 1. The van der Waals surface area contributed by atoms with Crippen molar-refractivity contribution in [3.05, 3.63) is 53.1 Å². The lowest BCUT2D eigenvalue weighted by molar-refractivity contribution is -0.125. The van der Waals surface area contributed by atoms with Crippen molar-refractivity contribution in [3.63, 3.8) is 0 Å². The van der Waals surface area contributed by atoms with Gasteiger partial charge in [0.05, 0.1) is 7.11 Å². The van der Waals surface area contributed by atoms with Gasteiger partial charge in [0, 0.05) is 37.2 Å². The Hall–Kier alpha value is -3.15. The van der Waals surface area contributed by atoms with Crippen LogP contribution in [0.15, 0.2) is 36.4 Å². The largest absolute Gasteiger partial charge is 0.496 e. The predicted molar refractivity (Wildman–Crippen MR) is 105 cm³/mol. The lowest BCUT2D eigenvalue weighted by atomic mass is 10.1. The van der Waals surface area contributed by atoms with Gasteiger partial charge < -0.3 is 23.8 Å². The lowest BCUT2D eigenvalue weighted by Gasteiger charge is -2.15. The van der Waals surface area contributed by atoms with Crippen LogP contribution < -0.4 is 18.9 Å². The fourth-order valence-corrected chi connectivity index (χ4v) is 3.44. The van der Waals surface area contributed by atoms with Crippen molar-refractivity contribution in [2.45, 2.75) is 26.0 Å². The zero-order valence-electron chi connectivity index (χ0n) is 16.2. The molecule has 28 heavy (non-hydrogen) atoms. The van der Waals surface area contributed by atoms with Gasteiger partial charge in [-0.05, 0) is 42.8 Å². The maximum absolute atomic E-state index is 12.6. The van der Waals surface area contributed by atoms with Gasteiger partial charge in [-0.1, -0.05) is 6.07 Å². The van der Waals surface area contributed by atoms with E-state index in [2.05, 4.69) is 0 Å². The number of likely N-dealkylation sites (N-methyl/N-ethyl adjacent to an activating group) is 1. The summed E-state index contributed by atoms with van der Waals surface area (Å²) in [5.74, 6) is 2.94. The van der Waals surface area contributed by atoms with Gasteiger partial charge >= 0.3 is 0 Å². The normalized spacial score (nSPS) is 16.8. The van der Waals surface area contributed by atoms with Gasteiger partial charge in [0.2, 0.25) is 12.7 Å². The summed E-state index contributed by atoms with van der Waals surface area (Å²) in [7, 11) is 3.40. The molecule has 0 aliphatic carbocycles. The molecule has 1 amide bonds. The fraction of sp³-hybridized carbons (Fsp3) is 0.318. The molecule has 0 spiro atoms. The molecular weight excluding hydrogens is 358 g/mol. The summed E-state index contributed by atoms with van der Waals surface area (Å²) >= 11 is 0. The third-order valence-electron chi connectivity index (χ3n) is 4.89. The standard InChI is InChI=1S/C22H23NO5/c1-14-8-17-11-19(25-3)16(10-20(17)28-14)5-7-22(24)23(2)12-15-4-6-18-21(9-15)27-13-26-18/h4-7,9-11,14H,8,12-13H2,1-3H3/b7-5+. The first-order valence-electron chi connectivity index (χ1n) is 9.23. The van der Waals surface area contributed by atoms with E-state index in [1.165, 1.54) is 0 Å². The van der Waals surface area contributed by atoms with E-state index >= 15 is 0 Å². The molecular formula is C22H23NO5. The molecule has 0 saturated carbocycles. The average molecular weight is 381 g/mol. The molecule has 4 rings (SSSR count). The van der Waals surface area contributed by atoms with Crippen molar-refractivity contribution in [1.82, 2.24) is 4.90 Å². The van der Waals surface area contributed by atoms with Crippen LogP contribution in [0.4, 0.5) is 0 Å². The number of amides is 1. The molecule has 0 saturated heterocycles. The highest BCUT2D eigenvalue weighted by molar-refractivity contribution is 5.92. The number of rotatable bonds is 5. The Morgan fingerprint density at radius 3 is 2.86 bits per heavy atom. The second-order valence-corrected chi connectivity index (χ2v) is 7.05. The Labute approximate surface area is 164 Å². The third-order valence-corrected chi connectivity index (χ3v) is 4.89. The summed E-state index contributed by atoms with van der Waals surface area (Å²) in [6, 6.07) is 9.61.